The molecule has 0 saturated carbocycles. The minimum absolute atomic E-state index is 0.837. The molecule has 0 aliphatic heterocycles. The smallest absolute Gasteiger partial charge is 0.135 e. The van der Waals surface area contributed by atoms with Crippen LogP contribution in [0.5, 0.6) is 0 Å². The zero-order chi connectivity index (χ0) is 34.8. The Labute approximate surface area is 301 Å². The number of nitrogens with zero attached hydrogens (tertiary/aromatic N) is 2. The SMILES string of the molecule is C=Cc1c(/C=C\C)oc2ccc(-c3ccc(-n4c5ccccc5c5c(-c6ccc7c8ccccc8n(-c8ccccc8)c7c6)cccc54)cc3)cc12. The van der Waals surface area contributed by atoms with E-state index in [2.05, 4.69) is 173 Å². The van der Waals surface area contributed by atoms with Crippen molar-refractivity contribution in [2.24, 2.45) is 0 Å². The zero-order valence-corrected chi connectivity index (χ0v) is 28.8. The number of para-hydroxylation sites is 3. The molecule has 0 bridgehead atoms. The summed E-state index contributed by atoms with van der Waals surface area (Å²) in [6, 6.07) is 57.1. The van der Waals surface area contributed by atoms with Gasteiger partial charge in [-0.1, -0.05) is 116 Å². The molecule has 246 valence electrons. The lowest BCUT2D eigenvalue weighted by Crippen LogP contribution is -1.94. The molecule has 0 aliphatic rings. The van der Waals surface area contributed by atoms with E-state index in [0.29, 0.717) is 0 Å². The van der Waals surface area contributed by atoms with Gasteiger partial charge in [-0.3, -0.25) is 0 Å². The van der Waals surface area contributed by atoms with E-state index >= 15 is 0 Å². The Kier molecular flexibility index (Phi) is 6.87. The molecule has 0 fully saturated rings. The van der Waals surface area contributed by atoms with Crippen LogP contribution in [0.25, 0.3) is 100 Å². The standard InChI is InChI=1S/C49H34N2O/c1-3-13-47-37(4-2)42-30-33(25-29-48(42)52-47)32-22-26-36(27-23-32)50-44-20-11-9-17-41(44)49-38(18-12-21-45(49)50)34-24-28-40-39-16-8-10-19-43(39)51(46(40)31-34)35-14-6-5-7-15-35/h3-31H,2H2,1H3/b13-3-. The maximum Gasteiger partial charge on any atom is 0.135 e. The van der Waals surface area contributed by atoms with E-state index in [4.69, 9.17) is 4.42 Å². The second-order valence-corrected chi connectivity index (χ2v) is 13.3. The lowest BCUT2D eigenvalue weighted by Gasteiger charge is -2.11. The van der Waals surface area contributed by atoms with Crippen LogP contribution in [-0.4, -0.2) is 9.13 Å². The molecule has 52 heavy (non-hydrogen) atoms. The summed E-state index contributed by atoms with van der Waals surface area (Å²) >= 11 is 0. The molecule has 3 heteroatoms. The number of fused-ring (bicyclic) bond motifs is 7. The zero-order valence-electron chi connectivity index (χ0n) is 28.8. The van der Waals surface area contributed by atoms with Crippen LogP contribution in [0.1, 0.15) is 18.2 Å². The fraction of sp³-hybridized carbons (Fsp3) is 0.0204. The molecule has 10 aromatic rings. The number of hydrogen-bond acceptors (Lipinski definition) is 1. The van der Waals surface area contributed by atoms with Gasteiger partial charge in [0, 0.05) is 43.9 Å². The quantitative estimate of drug-likeness (QED) is 0.173. The van der Waals surface area contributed by atoms with E-state index in [0.717, 1.165) is 44.8 Å². The molecule has 3 heterocycles. The van der Waals surface area contributed by atoms with E-state index in [9.17, 15) is 0 Å². The normalized spacial score (nSPS) is 11.9. The Balaban J connectivity index is 1.13. The Bertz CT molecular complexity index is 3020. The molecule has 3 nitrogen and oxygen atoms in total. The number of benzene rings is 7. The minimum atomic E-state index is 0.837. The minimum Gasteiger partial charge on any atom is -0.456 e. The summed E-state index contributed by atoms with van der Waals surface area (Å²) in [5.74, 6) is 0.837. The van der Waals surface area contributed by atoms with Crippen molar-refractivity contribution >= 4 is 66.7 Å². The summed E-state index contributed by atoms with van der Waals surface area (Å²) in [5.41, 5.74) is 13.7. The van der Waals surface area contributed by atoms with Gasteiger partial charge in [-0.05, 0) is 95.9 Å². The molecule has 10 rings (SSSR count). The van der Waals surface area contributed by atoms with Crippen LogP contribution in [-0.2, 0) is 0 Å². The Morgan fingerprint density at radius 3 is 1.92 bits per heavy atom. The van der Waals surface area contributed by atoms with Gasteiger partial charge in [0.1, 0.15) is 11.3 Å². The summed E-state index contributed by atoms with van der Waals surface area (Å²) in [6.07, 6.45) is 5.86. The Hall–Kier alpha value is -6.84. The van der Waals surface area contributed by atoms with Crippen molar-refractivity contribution in [3.05, 3.63) is 182 Å². The average molecular weight is 667 g/mol. The summed E-state index contributed by atoms with van der Waals surface area (Å²) in [6.45, 7) is 6.05. The molecular formula is C49H34N2O. The summed E-state index contributed by atoms with van der Waals surface area (Å²) in [4.78, 5) is 0. The average Bonchev–Trinajstić information content (AvgIpc) is 3.85. The third-order valence-electron chi connectivity index (χ3n) is 10.4. The second kappa shape index (κ2) is 11.9. The third-order valence-corrected chi connectivity index (χ3v) is 10.4. The molecule has 0 radical (unpaired) electrons. The summed E-state index contributed by atoms with van der Waals surface area (Å²) in [7, 11) is 0. The van der Waals surface area contributed by atoms with Gasteiger partial charge in [0.25, 0.3) is 0 Å². The van der Waals surface area contributed by atoms with Gasteiger partial charge in [-0.2, -0.15) is 0 Å². The van der Waals surface area contributed by atoms with Crippen molar-refractivity contribution in [2.45, 2.75) is 6.92 Å². The van der Waals surface area contributed by atoms with Crippen LogP contribution in [0, 0.1) is 0 Å². The monoisotopic (exact) mass is 666 g/mol. The van der Waals surface area contributed by atoms with Crippen LogP contribution < -0.4 is 0 Å². The van der Waals surface area contributed by atoms with Gasteiger partial charge >= 0.3 is 0 Å². The first kappa shape index (κ1) is 30.0. The molecule has 0 saturated heterocycles. The third kappa shape index (κ3) is 4.53. The Morgan fingerprint density at radius 2 is 1.13 bits per heavy atom. The van der Waals surface area contributed by atoms with E-state index < -0.39 is 0 Å². The number of allylic oxidation sites excluding steroid dienone is 1. The molecule has 0 amide bonds. The number of rotatable bonds is 6. The molecule has 3 aromatic heterocycles. The van der Waals surface area contributed by atoms with Crippen LogP contribution >= 0.6 is 0 Å². The summed E-state index contributed by atoms with van der Waals surface area (Å²) < 4.78 is 10.9. The van der Waals surface area contributed by atoms with Gasteiger partial charge in [-0.25, -0.2) is 0 Å². The molecular weight excluding hydrogens is 633 g/mol. The molecule has 0 N–H and O–H groups in total. The van der Waals surface area contributed by atoms with Crippen LogP contribution in [0.2, 0.25) is 0 Å². The van der Waals surface area contributed by atoms with E-state index in [1.807, 2.05) is 25.2 Å². The van der Waals surface area contributed by atoms with Crippen molar-refractivity contribution in [1.29, 1.82) is 0 Å². The van der Waals surface area contributed by atoms with E-state index in [-0.39, 0.29) is 0 Å². The van der Waals surface area contributed by atoms with Crippen LogP contribution in [0.3, 0.4) is 0 Å². The lowest BCUT2D eigenvalue weighted by atomic mass is 9.98. The fourth-order valence-corrected chi connectivity index (χ4v) is 8.14. The molecule has 0 aliphatic carbocycles. The van der Waals surface area contributed by atoms with Crippen molar-refractivity contribution in [1.82, 2.24) is 9.13 Å². The topological polar surface area (TPSA) is 23.0 Å². The van der Waals surface area contributed by atoms with E-state index in [1.165, 1.54) is 54.7 Å². The maximum atomic E-state index is 6.11. The fourth-order valence-electron chi connectivity index (χ4n) is 8.14. The second-order valence-electron chi connectivity index (χ2n) is 13.3. The first-order valence-corrected chi connectivity index (χ1v) is 17.8. The van der Waals surface area contributed by atoms with E-state index in [1.54, 1.807) is 0 Å². The molecule has 0 spiro atoms. The first-order chi connectivity index (χ1) is 25.7. The van der Waals surface area contributed by atoms with Crippen molar-refractivity contribution in [3.8, 4) is 33.6 Å². The lowest BCUT2D eigenvalue weighted by molar-refractivity contribution is 0.603. The summed E-state index contributed by atoms with van der Waals surface area (Å²) in [5, 5.41) is 6.07. The van der Waals surface area contributed by atoms with Gasteiger partial charge in [0.05, 0.1) is 22.1 Å². The predicted molar refractivity (Wildman–Crippen MR) is 221 cm³/mol. The highest BCUT2D eigenvalue weighted by Crippen LogP contribution is 2.41. The Morgan fingerprint density at radius 1 is 0.500 bits per heavy atom. The van der Waals surface area contributed by atoms with Crippen LogP contribution in [0.4, 0.5) is 0 Å². The largest absolute Gasteiger partial charge is 0.456 e. The number of furan rings is 1. The maximum absolute atomic E-state index is 6.11. The van der Waals surface area contributed by atoms with Crippen molar-refractivity contribution in [3.63, 3.8) is 0 Å². The van der Waals surface area contributed by atoms with Gasteiger partial charge in [0.2, 0.25) is 0 Å². The highest BCUT2D eigenvalue weighted by molar-refractivity contribution is 6.17. The predicted octanol–water partition coefficient (Wildman–Crippen LogP) is 13.6. The number of aromatic nitrogens is 2. The van der Waals surface area contributed by atoms with Crippen molar-refractivity contribution < 1.29 is 4.42 Å². The molecule has 7 aromatic carbocycles. The van der Waals surface area contributed by atoms with Crippen molar-refractivity contribution in [2.75, 3.05) is 0 Å². The van der Waals surface area contributed by atoms with Gasteiger partial charge in [-0.15, -0.1) is 0 Å². The van der Waals surface area contributed by atoms with Gasteiger partial charge < -0.3 is 13.6 Å². The van der Waals surface area contributed by atoms with Crippen LogP contribution in [0.15, 0.2) is 175 Å². The highest BCUT2D eigenvalue weighted by Gasteiger charge is 2.18. The van der Waals surface area contributed by atoms with Gasteiger partial charge in [0.15, 0.2) is 0 Å². The molecule has 0 unspecified atom stereocenters. The number of hydrogen-bond donors (Lipinski definition) is 0. The highest BCUT2D eigenvalue weighted by atomic mass is 16.3. The molecule has 0 atom stereocenters. The first-order valence-electron chi connectivity index (χ1n) is 17.8.